The van der Waals surface area contributed by atoms with Gasteiger partial charge in [0.2, 0.25) is 0 Å². The molecule has 2 heteroatoms. The van der Waals surface area contributed by atoms with Crippen molar-refractivity contribution in [1.82, 2.24) is 0 Å². The fourth-order valence-electron chi connectivity index (χ4n) is 6.81. The van der Waals surface area contributed by atoms with Crippen LogP contribution >= 0.6 is 0 Å². The topological polar surface area (TPSA) is 52.0 Å². The normalized spacial score (nSPS) is 44.7. The highest BCUT2D eigenvalue weighted by Gasteiger charge is 2.66. The second-order valence-corrected chi connectivity index (χ2v) is 9.01. The van der Waals surface area contributed by atoms with Gasteiger partial charge in [0.15, 0.2) is 0 Å². The fraction of sp³-hybridized carbons (Fsp3) is 0.714. The predicted molar refractivity (Wildman–Crippen MR) is 96.2 cm³/mol. The summed E-state index contributed by atoms with van der Waals surface area (Å²) in [6.45, 7) is 2.29. The Kier molecular flexibility index (Phi) is 3.62. The number of nitrogens with two attached hydrogens (primary N) is 2. The van der Waals surface area contributed by atoms with Crippen LogP contribution in [0.25, 0.3) is 0 Å². The van der Waals surface area contributed by atoms with Gasteiger partial charge in [-0.1, -0.05) is 56.5 Å². The van der Waals surface area contributed by atoms with E-state index in [9.17, 15) is 0 Å². The van der Waals surface area contributed by atoms with Crippen LogP contribution in [-0.2, 0) is 5.41 Å². The number of hydrogen-bond donors (Lipinski definition) is 2. The highest BCUT2D eigenvalue weighted by atomic mass is 14.9. The zero-order valence-corrected chi connectivity index (χ0v) is 14.6. The first-order valence-electron chi connectivity index (χ1n) is 9.62. The molecule has 0 heterocycles. The average molecular weight is 313 g/mol. The van der Waals surface area contributed by atoms with Crippen molar-refractivity contribution in [2.75, 3.05) is 0 Å². The van der Waals surface area contributed by atoms with Gasteiger partial charge in [0, 0.05) is 11.6 Å². The first kappa shape index (κ1) is 15.7. The summed E-state index contributed by atoms with van der Waals surface area (Å²) in [6.07, 6.45) is 11.4. The molecule has 5 atom stereocenters. The predicted octanol–water partition coefficient (Wildman–Crippen LogP) is 4.12. The molecule has 0 amide bonds. The van der Waals surface area contributed by atoms with Crippen molar-refractivity contribution >= 4 is 0 Å². The molecule has 1 aromatic rings. The second kappa shape index (κ2) is 5.32. The van der Waals surface area contributed by atoms with Crippen molar-refractivity contribution < 1.29 is 0 Å². The Labute approximate surface area is 141 Å². The van der Waals surface area contributed by atoms with Gasteiger partial charge >= 0.3 is 0 Å². The van der Waals surface area contributed by atoms with E-state index in [0.29, 0.717) is 10.8 Å². The van der Waals surface area contributed by atoms with Gasteiger partial charge in [-0.05, 0) is 60.8 Å². The van der Waals surface area contributed by atoms with Gasteiger partial charge in [-0.2, -0.15) is 0 Å². The highest BCUT2D eigenvalue weighted by Crippen LogP contribution is 2.67. The molecule has 4 N–H and O–H groups in total. The van der Waals surface area contributed by atoms with Crippen molar-refractivity contribution in [1.29, 1.82) is 0 Å². The number of rotatable bonds is 5. The van der Waals surface area contributed by atoms with Crippen LogP contribution in [0.15, 0.2) is 30.3 Å². The lowest BCUT2D eigenvalue weighted by atomic mass is 9.38. The lowest BCUT2D eigenvalue weighted by Gasteiger charge is -2.69. The molecule has 23 heavy (non-hydrogen) atoms. The number of hydrogen-bond acceptors (Lipinski definition) is 2. The van der Waals surface area contributed by atoms with E-state index in [0.717, 1.165) is 18.8 Å². The zero-order chi connectivity index (χ0) is 16.1. The molecule has 0 aromatic heterocycles. The van der Waals surface area contributed by atoms with E-state index in [1.165, 1.54) is 50.5 Å². The number of benzene rings is 1. The minimum Gasteiger partial charge on any atom is -0.326 e. The van der Waals surface area contributed by atoms with Crippen molar-refractivity contribution in [3.05, 3.63) is 35.9 Å². The standard InChI is InChI=1S/C21H32N2/c1-2-3-7-10-19-11-16-12-20(14-19,17-8-5-4-6-9-17)15-21(23,13-16)18(19)22/h4-6,8-9,16,18H,2-3,7,10-15,22-23H2,1H3. The van der Waals surface area contributed by atoms with Crippen molar-refractivity contribution in [2.45, 2.75) is 81.7 Å². The van der Waals surface area contributed by atoms with Crippen LogP contribution in [0.3, 0.4) is 0 Å². The Morgan fingerprint density at radius 2 is 1.83 bits per heavy atom. The molecule has 0 spiro atoms. The summed E-state index contributed by atoms with van der Waals surface area (Å²) in [6, 6.07) is 11.4. The van der Waals surface area contributed by atoms with E-state index in [4.69, 9.17) is 11.5 Å². The molecule has 5 rings (SSSR count). The average Bonchev–Trinajstić information content (AvgIpc) is 2.53. The lowest BCUT2D eigenvalue weighted by Crippen LogP contribution is -2.75. The summed E-state index contributed by atoms with van der Waals surface area (Å²) >= 11 is 0. The third kappa shape index (κ3) is 2.29. The Balaban J connectivity index is 1.72. The largest absolute Gasteiger partial charge is 0.326 e. The summed E-state index contributed by atoms with van der Waals surface area (Å²) < 4.78 is 0. The maximum atomic E-state index is 6.95. The third-order valence-corrected chi connectivity index (χ3v) is 7.34. The molecule has 0 radical (unpaired) electrons. The Bertz CT molecular complexity index is 570. The summed E-state index contributed by atoms with van der Waals surface area (Å²) in [7, 11) is 0. The van der Waals surface area contributed by atoms with Crippen LogP contribution in [0.2, 0.25) is 0 Å². The first-order chi connectivity index (χ1) is 11.0. The van der Waals surface area contributed by atoms with E-state index in [2.05, 4.69) is 37.3 Å². The van der Waals surface area contributed by atoms with Crippen LogP contribution in [0.5, 0.6) is 0 Å². The summed E-state index contributed by atoms with van der Waals surface area (Å²) in [5, 5.41) is 0. The molecule has 5 unspecified atom stereocenters. The highest BCUT2D eigenvalue weighted by molar-refractivity contribution is 5.35. The minimum absolute atomic E-state index is 0.137. The van der Waals surface area contributed by atoms with E-state index in [1.54, 1.807) is 0 Å². The maximum Gasteiger partial charge on any atom is 0.0324 e. The maximum absolute atomic E-state index is 6.95. The SMILES string of the molecule is CCCCCC12CC3CC(c4ccccc4)(CC(N)(C3)C1N)C2. The van der Waals surface area contributed by atoms with Gasteiger partial charge < -0.3 is 11.5 Å². The molecule has 126 valence electrons. The lowest BCUT2D eigenvalue weighted by molar-refractivity contribution is -0.107. The molecule has 1 aromatic carbocycles. The van der Waals surface area contributed by atoms with Crippen LogP contribution < -0.4 is 11.5 Å². The van der Waals surface area contributed by atoms with Gasteiger partial charge in [-0.25, -0.2) is 0 Å². The monoisotopic (exact) mass is 312 g/mol. The quantitative estimate of drug-likeness (QED) is 0.803. The van der Waals surface area contributed by atoms with Crippen LogP contribution in [-0.4, -0.2) is 11.6 Å². The van der Waals surface area contributed by atoms with Crippen molar-refractivity contribution in [3.63, 3.8) is 0 Å². The van der Waals surface area contributed by atoms with Gasteiger partial charge in [0.25, 0.3) is 0 Å². The molecule has 0 aliphatic heterocycles. The molecule has 4 aliphatic carbocycles. The Morgan fingerprint density at radius 3 is 2.57 bits per heavy atom. The van der Waals surface area contributed by atoms with Gasteiger partial charge in [0.05, 0.1) is 0 Å². The summed E-state index contributed by atoms with van der Waals surface area (Å²) in [5.41, 5.74) is 15.7. The number of unbranched alkanes of at least 4 members (excludes halogenated alkanes) is 2. The molecule has 4 saturated carbocycles. The molecule has 4 bridgehead atoms. The molecular formula is C21H32N2. The van der Waals surface area contributed by atoms with Crippen molar-refractivity contribution in [2.24, 2.45) is 22.8 Å². The van der Waals surface area contributed by atoms with E-state index in [-0.39, 0.29) is 11.6 Å². The van der Waals surface area contributed by atoms with Crippen molar-refractivity contribution in [3.8, 4) is 0 Å². The summed E-state index contributed by atoms with van der Waals surface area (Å²) in [4.78, 5) is 0. The fourth-order valence-corrected chi connectivity index (χ4v) is 6.81. The van der Waals surface area contributed by atoms with Gasteiger partial charge in [-0.3, -0.25) is 0 Å². The van der Waals surface area contributed by atoms with E-state index < -0.39 is 0 Å². The molecule has 4 aliphatic rings. The van der Waals surface area contributed by atoms with Gasteiger partial charge in [-0.15, -0.1) is 0 Å². The van der Waals surface area contributed by atoms with Crippen LogP contribution in [0, 0.1) is 11.3 Å². The Hall–Kier alpha value is -0.860. The van der Waals surface area contributed by atoms with Crippen LogP contribution in [0.4, 0.5) is 0 Å². The second-order valence-electron chi connectivity index (χ2n) is 9.01. The molecule has 4 fully saturated rings. The van der Waals surface area contributed by atoms with E-state index >= 15 is 0 Å². The van der Waals surface area contributed by atoms with Crippen LogP contribution in [0.1, 0.15) is 70.3 Å². The smallest absolute Gasteiger partial charge is 0.0324 e. The van der Waals surface area contributed by atoms with E-state index in [1.807, 2.05) is 0 Å². The minimum atomic E-state index is -0.137. The van der Waals surface area contributed by atoms with Gasteiger partial charge in [0.1, 0.15) is 0 Å². The molecular weight excluding hydrogens is 280 g/mol. The molecule has 2 nitrogen and oxygen atoms in total. The third-order valence-electron chi connectivity index (χ3n) is 7.34. The molecule has 0 saturated heterocycles. The summed E-state index contributed by atoms with van der Waals surface area (Å²) in [5.74, 6) is 0.782. The Morgan fingerprint density at radius 1 is 1.04 bits per heavy atom. The first-order valence-corrected chi connectivity index (χ1v) is 9.62. The zero-order valence-electron chi connectivity index (χ0n) is 14.6.